The Kier molecular flexibility index (Phi) is 6.91. The van der Waals surface area contributed by atoms with Crippen molar-refractivity contribution in [1.82, 2.24) is 4.98 Å². The van der Waals surface area contributed by atoms with E-state index in [1.54, 1.807) is 18.2 Å². The Balaban J connectivity index is 1.53. The number of hydrogen-bond donors (Lipinski definition) is 1. The lowest BCUT2D eigenvalue weighted by molar-refractivity contribution is -0.142. The van der Waals surface area contributed by atoms with Gasteiger partial charge in [0.25, 0.3) is 11.7 Å². The Bertz CT molecular complexity index is 1060. The monoisotopic (exact) mass is 414 g/mol. The molecule has 8 heteroatoms. The van der Waals surface area contributed by atoms with E-state index in [0.717, 1.165) is 10.9 Å². The van der Waals surface area contributed by atoms with Crippen LogP contribution in [-0.4, -0.2) is 29.2 Å². The number of carbonyl (C=O) groups is 2. The lowest BCUT2D eigenvalue weighted by atomic mass is 10.2. The third-order valence-corrected chi connectivity index (χ3v) is 4.52. The molecule has 3 rings (SSSR count). The molecule has 1 heterocycles. The van der Waals surface area contributed by atoms with Crippen LogP contribution >= 0.6 is 11.8 Å². The smallest absolute Gasteiger partial charge is 0.331 e. The van der Waals surface area contributed by atoms with Gasteiger partial charge in [0, 0.05) is 16.4 Å². The van der Waals surface area contributed by atoms with E-state index in [0.29, 0.717) is 17.5 Å². The van der Waals surface area contributed by atoms with E-state index in [1.165, 1.54) is 24.3 Å². The van der Waals surface area contributed by atoms with Crippen molar-refractivity contribution in [2.24, 2.45) is 0 Å². The van der Waals surface area contributed by atoms with E-state index in [9.17, 15) is 18.4 Å². The number of esters is 1. The summed E-state index contributed by atoms with van der Waals surface area (Å²) in [6.45, 7) is -0.540. The summed E-state index contributed by atoms with van der Waals surface area (Å²) in [6.07, 6.45) is 2.66. The molecular weight excluding hydrogens is 398 g/mol. The highest BCUT2D eigenvalue weighted by molar-refractivity contribution is 7.99. The first-order valence-corrected chi connectivity index (χ1v) is 9.43. The summed E-state index contributed by atoms with van der Waals surface area (Å²) >= 11 is 0.324. The number of nitrogens with zero attached hydrogens (tertiary/aromatic N) is 1. The highest BCUT2D eigenvalue weighted by Gasteiger charge is 2.12. The number of benzene rings is 2. The summed E-state index contributed by atoms with van der Waals surface area (Å²) in [5.74, 6) is -3.96. The molecule has 1 amide bonds. The number of nitrogens with one attached hydrogen (secondary N) is 1. The number of aromatic nitrogens is 1. The van der Waals surface area contributed by atoms with Gasteiger partial charge in [0.15, 0.2) is 6.61 Å². The first-order valence-electron chi connectivity index (χ1n) is 8.55. The number of pyridine rings is 1. The molecule has 2 aromatic carbocycles. The number of fused-ring (bicyclic) bond motifs is 1. The number of thioether (sulfide) groups is 1. The van der Waals surface area contributed by atoms with Gasteiger partial charge < -0.3 is 10.1 Å². The standard InChI is InChI=1S/C21H16F2N2O3S/c22-21(23)29-18-8-4-3-7-17(18)25-19(26)13-28-20(27)12-11-15-10-9-14-5-1-2-6-16(14)24-15/h1-12,21H,13H2,(H,25,26). The maximum atomic E-state index is 12.6. The Morgan fingerprint density at radius 1 is 1.07 bits per heavy atom. The minimum absolute atomic E-state index is 0.226. The number of halogens is 2. The van der Waals surface area contributed by atoms with Crippen LogP contribution in [-0.2, 0) is 14.3 Å². The van der Waals surface area contributed by atoms with Gasteiger partial charge in [-0.25, -0.2) is 9.78 Å². The van der Waals surface area contributed by atoms with E-state index in [4.69, 9.17) is 4.74 Å². The Morgan fingerprint density at radius 2 is 1.83 bits per heavy atom. The third-order valence-electron chi connectivity index (χ3n) is 3.73. The van der Waals surface area contributed by atoms with Crippen LogP contribution in [0.3, 0.4) is 0 Å². The Hall–Kier alpha value is -3.26. The number of hydrogen-bond acceptors (Lipinski definition) is 5. The van der Waals surface area contributed by atoms with Crippen LogP contribution in [0, 0.1) is 0 Å². The molecule has 29 heavy (non-hydrogen) atoms. The lowest BCUT2D eigenvalue weighted by Crippen LogP contribution is -2.20. The lowest BCUT2D eigenvalue weighted by Gasteiger charge is -2.10. The third kappa shape index (κ3) is 6.11. The van der Waals surface area contributed by atoms with Gasteiger partial charge in [0.1, 0.15) is 0 Å². The fourth-order valence-corrected chi connectivity index (χ4v) is 3.06. The zero-order valence-corrected chi connectivity index (χ0v) is 15.9. The zero-order chi connectivity index (χ0) is 20.6. The minimum atomic E-state index is -2.61. The van der Waals surface area contributed by atoms with Gasteiger partial charge in [-0.2, -0.15) is 8.78 Å². The largest absolute Gasteiger partial charge is 0.452 e. The van der Waals surface area contributed by atoms with Gasteiger partial charge in [0.2, 0.25) is 0 Å². The van der Waals surface area contributed by atoms with Gasteiger partial charge in [-0.15, -0.1) is 0 Å². The first kappa shape index (κ1) is 20.5. The van der Waals surface area contributed by atoms with Gasteiger partial charge in [-0.1, -0.05) is 48.2 Å². The molecular formula is C21H16F2N2O3S. The molecule has 0 saturated heterocycles. The molecule has 0 bridgehead atoms. The number of ether oxygens (including phenoxy) is 1. The van der Waals surface area contributed by atoms with Crippen molar-refractivity contribution in [3.63, 3.8) is 0 Å². The van der Waals surface area contributed by atoms with Crippen molar-refractivity contribution in [3.05, 3.63) is 72.4 Å². The second-order valence-electron chi connectivity index (χ2n) is 5.79. The molecule has 0 saturated carbocycles. The molecule has 5 nitrogen and oxygen atoms in total. The molecule has 3 aromatic rings. The number of carbonyl (C=O) groups excluding carboxylic acids is 2. The van der Waals surface area contributed by atoms with E-state index >= 15 is 0 Å². The van der Waals surface area contributed by atoms with Crippen LogP contribution in [0.4, 0.5) is 14.5 Å². The van der Waals surface area contributed by atoms with Crippen LogP contribution in [0.5, 0.6) is 0 Å². The highest BCUT2D eigenvalue weighted by atomic mass is 32.2. The van der Waals surface area contributed by atoms with Gasteiger partial charge in [-0.05, 0) is 30.3 Å². The van der Waals surface area contributed by atoms with E-state index < -0.39 is 24.2 Å². The topological polar surface area (TPSA) is 68.3 Å². The first-order chi connectivity index (χ1) is 14.0. The number of rotatable bonds is 7. The Labute approximate surface area is 169 Å². The maximum Gasteiger partial charge on any atom is 0.331 e. The number of alkyl halides is 2. The van der Waals surface area contributed by atoms with Crippen molar-refractivity contribution in [2.75, 3.05) is 11.9 Å². The van der Waals surface area contributed by atoms with Crippen LogP contribution < -0.4 is 5.32 Å². The predicted molar refractivity (Wildman–Crippen MR) is 109 cm³/mol. The van der Waals surface area contributed by atoms with E-state index in [1.807, 2.05) is 30.3 Å². The van der Waals surface area contributed by atoms with Crippen molar-refractivity contribution in [2.45, 2.75) is 10.7 Å². The minimum Gasteiger partial charge on any atom is -0.452 e. The molecule has 0 radical (unpaired) electrons. The fraction of sp³-hybridized carbons (Fsp3) is 0.0952. The predicted octanol–water partition coefficient (Wildman–Crippen LogP) is 4.74. The fourth-order valence-electron chi connectivity index (χ4n) is 2.47. The molecule has 0 aliphatic carbocycles. The van der Waals surface area contributed by atoms with Gasteiger partial charge >= 0.3 is 5.97 Å². The number of amides is 1. The molecule has 0 aliphatic heterocycles. The molecule has 0 atom stereocenters. The van der Waals surface area contributed by atoms with Gasteiger partial charge in [0.05, 0.1) is 16.9 Å². The number of anilines is 1. The van der Waals surface area contributed by atoms with E-state index in [2.05, 4.69) is 10.3 Å². The molecule has 1 N–H and O–H groups in total. The molecule has 0 spiro atoms. The van der Waals surface area contributed by atoms with Crippen LogP contribution in [0.15, 0.2) is 71.6 Å². The molecule has 0 fully saturated rings. The van der Waals surface area contributed by atoms with Crippen molar-refractivity contribution in [3.8, 4) is 0 Å². The van der Waals surface area contributed by atoms with Crippen molar-refractivity contribution >= 4 is 46.3 Å². The summed E-state index contributed by atoms with van der Waals surface area (Å²) in [5.41, 5.74) is 1.60. The average molecular weight is 414 g/mol. The van der Waals surface area contributed by atoms with Crippen molar-refractivity contribution in [1.29, 1.82) is 0 Å². The summed E-state index contributed by atoms with van der Waals surface area (Å²) in [4.78, 5) is 28.4. The number of para-hydroxylation sites is 2. The van der Waals surface area contributed by atoms with Crippen LogP contribution in [0.1, 0.15) is 5.69 Å². The maximum absolute atomic E-state index is 12.6. The molecule has 148 valence electrons. The SMILES string of the molecule is O=C(COC(=O)C=Cc1ccc2ccccc2n1)Nc1ccccc1SC(F)F. The average Bonchev–Trinajstić information content (AvgIpc) is 2.71. The summed E-state index contributed by atoms with van der Waals surface area (Å²) in [5, 5.41) is 3.44. The highest BCUT2D eigenvalue weighted by Crippen LogP contribution is 2.31. The summed E-state index contributed by atoms with van der Waals surface area (Å²) < 4.78 is 30.0. The second-order valence-corrected chi connectivity index (χ2v) is 6.82. The molecule has 1 aromatic heterocycles. The zero-order valence-electron chi connectivity index (χ0n) is 15.0. The molecule has 0 unspecified atom stereocenters. The summed E-state index contributed by atoms with van der Waals surface area (Å²) in [6, 6.07) is 17.4. The normalized spacial score (nSPS) is 11.1. The quantitative estimate of drug-likeness (QED) is 0.343. The second kappa shape index (κ2) is 9.79. The van der Waals surface area contributed by atoms with E-state index in [-0.39, 0.29) is 10.6 Å². The van der Waals surface area contributed by atoms with Crippen molar-refractivity contribution < 1.29 is 23.1 Å². The van der Waals surface area contributed by atoms with Gasteiger partial charge in [-0.3, -0.25) is 4.79 Å². The van der Waals surface area contributed by atoms with Crippen LogP contribution in [0.2, 0.25) is 0 Å². The summed E-state index contributed by atoms with van der Waals surface area (Å²) in [7, 11) is 0. The van der Waals surface area contributed by atoms with Crippen LogP contribution in [0.25, 0.3) is 17.0 Å². The Morgan fingerprint density at radius 3 is 2.66 bits per heavy atom. The molecule has 0 aliphatic rings.